The molecule has 0 fully saturated rings. The normalized spacial score (nSPS) is 12.4. The molecule has 3 heteroatoms. The number of methoxy groups -OCH3 is 1. The summed E-state index contributed by atoms with van der Waals surface area (Å²) in [6.45, 7) is 3.97. The minimum atomic E-state index is 0.421. The second kappa shape index (κ2) is 8.11. The molecule has 0 heterocycles. The number of anilines is 1. The van der Waals surface area contributed by atoms with Gasteiger partial charge in [0.1, 0.15) is 0 Å². The molecular weight excluding hydrogens is 224 g/mol. The van der Waals surface area contributed by atoms with Crippen molar-refractivity contribution in [2.24, 2.45) is 0 Å². The van der Waals surface area contributed by atoms with Crippen molar-refractivity contribution in [2.75, 3.05) is 39.3 Å². The summed E-state index contributed by atoms with van der Waals surface area (Å²) in [6, 6.07) is 9.16. The van der Waals surface area contributed by atoms with E-state index in [4.69, 9.17) is 4.74 Å². The molecule has 0 aliphatic heterocycles. The molecule has 0 saturated carbocycles. The Morgan fingerprint density at radius 1 is 1.33 bits per heavy atom. The van der Waals surface area contributed by atoms with Crippen LogP contribution in [0.5, 0.6) is 0 Å². The minimum absolute atomic E-state index is 0.421. The number of benzene rings is 1. The maximum absolute atomic E-state index is 5.13. The molecule has 1 aromatic carbocycles. The Labute approximate surface area is 111 Å². The first-order valence-corrected chi connectivity index (χ1v) is 6.68. The predicted molar refractivity (Wildman–Crippen MR) is 78.3 cm³/mol. The first kappa shape index (κ1) is 15.0. The molecule has 0 aliphatic carbocycles. The van der Waals surface area contributed by atoms with Gasteiger partial charge in [0, 0.05) is 39.5 Å². The summed E-state index contributed by atoms with van der Waals surface area (Å²) in [5, 5.41) is 3.55. The van der Waals surface area contributed by atoms with Gasteiger partial charge in [0.05, 0.1) is 0 Å². The highest BCUT2D eigenvalue weighted by molar-refractivity contribution is 5.47. The fourth-order valence-corrected chi connectivity index (χ4v) is 2.08. The molecule has 0 amide bonds. The van der Waals surface area contributed by atoms with Crippen LogP contribution in [0, 0.1) is 0 Å². The van der Waals surface area contributed by atoms with Crippen molar-refractivity contribution >= 4 is 5.69 Å². The van der Waals surface area contributed by atoms with Crippen LogP contribution in [0.2, 0.25) is 0 Å². The van der Waals surface area contributed by atoms with Gasteiger partial charge in [0.2, 0.25) is 0 Å². The molecule has 1 rings (SSSR count). The average Bonchev–Trinajstić information content (AvgIpc) is 2.38. The SMILES string of the molecule is CCNC(CCCOC)c1cccc(N(C)C)c1. The van der Waals surface area contributed by atoms with Crippen LogP contribution in [0.3, 0.4) is 0 Å². The molecule has 0 spiro atoms. The van der Waals surface area contributed by atoms with Gasteiger partial charge in [-0.1, -0.05) is 19.1 Å². The van der Waals surface area contributed by atoms with Gasteiger partial charge < -0.3 is 15.0 Å². The number of hydrogen-bond donors (Lipinski definition) is 1. The zero-order chi connectivity index (χ0) is 13.4. The maximum Gasteiger partial charge on any atom is 0.0462 e. The van der Waals surface area contributed by atoms with Crippen LogP contribution in [0.25, 0.3) is 0 Å². The number of rotatable bonds is 8. The molecule has 0 radical (unpaired) electrons. The third kappa shape index (κ3) is 4.67. The quantitative estimate of drug-likeness (QED) is 0.718. The van der Waals surface area contributed by atoms with Crippen LogP contribution < -0.4 is 10.2 Å². The van der Waals surface area contributed by atoms with Crippen molar-refractivity contribution < 1.29 is 4.74 Å². The Kier molecular flexibility index (Phi) is 6.76. The van der Waals surface area contributed by atoms with Crippen LogP contribution >= 0.6 is 0 Å². The van der Waals surface area contributed by atoms with Gasteiger partial charge in [-0.2, -0.15) is 0 Å². The Morgan fingerprint density at radius 3 is 2.72 bits per heavy atom. The number of nitrogens with zero attached hydrogens (tertiary/aromatic N) is 1. The monoisotopic (exact) mass is 250 g/mol. The summed E-state index contributed by atoms with van der Waals surface area (Å²) >= 11 is 0. The van der Waals surface area contributed by atoms with Gasteiger partial charge in [-0.25, -0.2) is 0 Å². The lowest BCUT2D eigenvalue weighted by atomic mass is 10.0. The lowest BCUT2D eigenvalue weighted by Gasteiger charge is -2.21. The van der Waals surface area contributed by atoms with Crippen LogP contribution in [-0.2, 0) is 4.74 Å². The Balaban J connectivity index is 2.74. The first-order valence-electron chi connectivity index (χ1n) is 6.68. The van der Waals surface area contributed by atoms with E-state index < -0.39 is 0 Å². The molecule has 102 valence electrons. The fraction of sp³-hybridized carbons (Fsp3) is 0.600. The molecule has 0 saturated heterocycles. The van der Waals surface area contributed by atoms with E-state index >= 15 is 0 Å². The molecule has 0 aliphatic rings. The highest BCUT2D eigenvalue weighted by Gasteiger charge is 2.10. The molecule has 0 aromatic heterocycles. The zero-order valence-corrected chi connectivity index (χ0v) is 12.1. The van der Waals surface area contributed by atoms with Crippen LogP contribution in [0.15, 0.2) is 24.3 Å². The maximum atomic E-state index is 5.13. The third-order valence-corrected chi connectivity index (χ3v) is 3.08. The summed E-state index contributed by atoms with van der Waals surface area (Å²) in [6.07, 6.45) is 2.19. The Bertz CT molecular complexity index is 339. The number of nitrogens with one attached hydrogen (secondary N) is 1. The smallest absolute Gasteiger partial charge is 0.0462 e. The number of hydrogen-bond acceptors (Lipinski definition) is 3. The van der Waals surface area contributed by atoms with Crippen molar-refractivity contribution in [3.63, 3.8) is 0 Å². The fourth-order valence-electron chi connectivity index (χ4n) is 2.08. The van der Waals surface area contributed by atoms with E-state index in [9.17, 15) is 0 Å². The molecule has 1 atom stereocenters. The standard InChI is InChI=1S/C15H26N2O/c1-5-16-15(10-7-11-18-4)13-8-6-9-14(12-13)17(2)3/h6,8-9,12,15-16H,5,7,10-11H2,1-4H3. The van der Waals surface area contributed by atoms with Gasteiger partial charge in [-0.05, 0) is 37.1 Å². The highest BCUT2D eigenvalue weighted by atomic mass is 16.5. The van der Waals surface area contributed by atoms with E-state index in [0.29, 0.717) is 6.04 Å². The Hall–Kier alpha value is -1.06. The summed E-state index contributed by atoms with van der Waals surface area (Å²) in [5.74, 6) is 0. The molecule has 18 heavy (non-hydrogen) atoms. The van der Waals surface area contributed by atoms with Crippen molar-refractivity contribution in [3.05, 3.63) is 29.8 Å². The Morgan fingerprint density at radius 2 is 2.11 bits per heavy atom. The van der Waals surface area contributed by atoms with E-state index in [1.54, 1.807) is 7.11 Å². The lowest BCUT2D eigenvalue weighted by molar-refractivity contribution is 0.189. The molecule has 1 N–H and O–H groups in total. The molecule has 1 aromatic rings. The van der Waals surface area contributed by atoms with E-state index in [-0.39, 0.29) is 0 Å². The predicted octanol–water partition coefficient (Wildman–Crippen LogP) is 2.83. The molecule has 3 nitrogen and oxygen atoms in total. The van der Waals surface area contributed by atoms with Gasteiger partial charge in [-0.3, -0.25) is 0 Å². The van der Waals surface area contributed by atoms with Crippen molar-refractivity contribution in [1.82, 2.24) is 5.32 Å². The molecule has 0 bridgehead atoms. The van der Waals surface area contributed by atoms with Gasteiger partial charge >= 0.3 is 0 Å². The van der Waals surface area contributed by atoms with E-state index in [0.717, 1.165) is 26.0 Å². The molecular formula is C15H26N2O. The largest absolute Gasteiger partial charge is 0.385 e. The van der Waals surface area contributed by atoms with E-state index in [1.807, 2.05) is 0 Å². The van der Waals surface area contributed by atoms with Gasteiger partial charge in [0.15, 0.2) is 0 Å². The summed E-state index contributed by atoms with van der Waals surface area (Å²) < 4.78 is 5.13. The summed E-state index contributed by atoms with van der Waals surface area (Å²) in [7, 11) is 5.91. The zero-order valence-electron chi connectivity index (χ0n) is 12.1. The topological polar surface area (TPSA) is 24.5 Å². The lowest BCUT2D eigenvalue weighted by Crippen LogP contribution is -2.21. The highest BCUT2D eigenvalue weighted by Crippen LogP contribution is 2.22. The van der Waals surface area contributed by atoms with Crippen LogP contribution in [0.1, 0.15) is 31.4 Å². The minimum Gasteiger partial charge on any atom is -0.385 e. The van der Waals surface area contributed by atoms with Gasteiger partial charge in [-0.15, -0.1) is 0 Å². The van der Waals surface area contributed by atoms with E-state index in [1.165, 1.54) is 11.3 Å². The van der Waals surface area contributed by atoms with Crippen molar-refractivity contribution in [2.45, 2.75) is 25.8 Å². The van der Waals surface area contributed by atoms with E-state index in [2.05, 4.69) is 55.5 Å². The third-order valence-electron chi connectivity index (χ3n) is 3.08. The van der Waals surface area contributed by atoms with Crippen LogP contribution in [0.4, 0.5) is 5.69 Å². The summed E-state index contributed by atoms with van der Waals surface area (Å²) in [4.78, 5) is 2.14. The second-order valence-electron chi connectivity index (χ2n) is 4.73. The van der Waals surface area contributed by atoms with Crippen LogP contribution in [-0.4, -0.2) is 34.4 Å². The van der Waals surface area contributed by atoms with Crippen molar-refractivity contribution in [3.8, 4) is 0 Å². The average molecular weight is 250 g/mol. The summed E-state index contributed by atoms with van der Waals surface area (Å²) in [5.41, 5.74) is 2.61. The van der Waals surface area contributed by atoms with Crippen molar-refractivity contribution in [1.29, 1.82) is 0 Å². The van der Waals surface area contributed by atoms with Gasteiger partial charge in [0.25, 0.3) is 0 Å². The number of ether oxygens (including phenoxy) is 1. The first-order chi connectivity index (χ1) is 8.69. The molecule has 1 unspecified atom stereocenters. The second-order valence-corrected chi connectivity index (χ2v) is 4.73.